The van der Waals surface area contributed by atoms with Crippen LogP contribution in [0.2, 0.25) is 0 Å². The number of carbonyl (C=O) groups is 1. The Labute approximate surface area is 127 Å². The van der Waals surface area contributed by atoms with Gasteiger partial charge in [-0.15, -0.1) is 0 Å². The molecule has 1 saturated heterocycles. The van der Waals surface area contributed by atoms with Crippen molar-refractivity contribution in [2.24, 2.45) is 5.73 Å². The average molecular weight is 338 g/mol. The van der Waals surface area contributed by atoms with Crippen molar-refractivity contribution in [2.45, 2.75) is 51.2 Å². The minimum Gasteiger partial charge on any atom is -0.365 e. The summed E-state index contributed by atoms with van der Waals surface area (Å²) in [7, 11) is 0. The highest BCUT2D eigenvalue weighted by Crippen LogP contribution is 2.42. The highest BCUT2D eigenvalue weighted by Gasteiger charge is 2.33. The van der Waals surface area contributed by atoms with Gasteiger partial charge in [0.2, 0.25) is 5.91 Å². The molecule has 2 aliphatic heterocycles. The summed E-state index contributed by atoms with van der Waals surface area (Å²) in [5.74, 6) is -0.120. The topological polar surface area (TPSA) is 58.4 Å². The molecule has 2 heterocycles. The van der Waals surface area contributed by atoms with Crippen LogP contribution in [0.3, 0.4) is 0 Å². The molecule has 0 aliphatic carbocycles. The summed E-state index contributed by atoms with van der Waals surface area (Å²) in [4.78, 5) is 14.2. The number of carbonyl (C=O) groups excluding carboxylic acids is 1. The van der Waals surface area contributed by atoms with Crippen molar-refractivity contribution in [3.63, 3.8) is 0 Å². The number of anilines is 2. The Bertz CT molecular complexity index is 560. The fourth-order valence-electron chi connectivity index (χ4n) is 3.40. The Kier molecular flexibility index (Phi) is 3.50. The maximum Gasteiger partial charge on any atom is 0.245 e. The van der Waals surface area contributed by atoms with Crippen molar-refractivity contribution < 1.29 is 4.79 Å². The van der Waals surface area contributed by atoms with Crippen LogP contribution < -0.4 is 16.0 Å². The smallest absolute Gasteiger partial charge is 0.245 e. The van der Waals surface area contributed by atoms with E-state index >= 15 is 0 Å². The van der Waals surface area contributed by atoms with Crippen LogP contribution in [-0.2, 0) is 4.79 Å². The third-order valence-corrected chi connectivity index (χ3v) is 5.16. The van der Waals surface area contributed by atoms with Crippen LogP contribution in [-0.4, -0.2) is 18.0 Å². The molecule has 20 heavy (non-hydrogen) atoms. The SMILES string of the molecule is CCC1CCC(C)N1c1cc2c(cc1Br)C(N)C(=O)N2. The first-order chi connectivity index (χ1) is 9.52. The predicted octanol–water partition coefficient (Wildman–Crippen LogP) is 3.17. The lowest BCUT2D eigenvalue weighted by atomic mass is 10.1. The molecular formula is C15H20BrN3O. The van der Waals surface area contributed by atoms with Gasteiger partial charge in [-0.3, -0.25) is 4.79 Å². The van der Waals surface area contributed by atoms with Crippen molar-refractivity contribution in [1.29, 1.82) is 0 Å². The Morgan fingerprint density at radius 3 is 2.90 bits per heavy atom. The fourth-order valence-corrected chi connectivity index (χ4v) is 3.96. The maximum absolute atomic E-state index is 11.7. The molecule has 0 aromatic heterocycles. The summed E-state index contributed by atoms with van der Waals surface area (Å²) < 4.78 is 1.02. The van der Waals surface area contributed by atoms with E-state index in [4.69, 9.17) is 5.73 Å². The molecule has 5 heteroatoms. The van der Waals surface area contributed by atoms with Crippen molar-refractivity contribution in [3.8, 4) is 0 Å². The number of fused-ring (bicyclic) bond motifs is 1. The van der Waals surface area contributed by atoms with E-state index in [1.807, 2.05) is 6.07 Å². The molecule has 0 radical (unpaired) electrons. The lowest BCUT2D eigenvalue weighted by molar-refractivity contribution is -0.116. The van der Waals surface area contributed by atoms with Gasteiger partial charge in [0.05, 0.1) is 5.69 Å². The molecule has 0 saturated carbocycles. The summed E-state index contributed by atoms with van der Waals surface area (Å²) in [6.45, 7) is 4.49. The highest BCUT2D eigenvalue weighted by molar-refractivity contribution is 9.10. The molecule has 1 aromatic carbocycles. The highest BCUT2D eigenvalue weighted by atomic mass is 79.9. The quantitative estimate of drug-likeness (QED) is 0.871. The summed E-state index contributed by atoms with van der Waals surface area (Å²) >= 11 is 3.66. The van der Waals surface area contributed by atoms with Gasteiger partial charge in [0.15, 0.2) is 0 Å². The number of halogens is 1. The predicted molar refractivity (Wildman–Crippen MR) is 85.0 cm³/mol. The number of amides is 1. The molecule has 3 rings (SSSR count). The van der Waals surface area contributed by atoms with E-state index < -0.39 is 6.04 Å². The van der Waals surface area contributed by atoms with Crippen LogP contribution in [0.5, 0.6) is 0 Å². The first-order valence-corrected chi connectivity index (χ1v) is 8.00. The standard InChI is InChI=1S/C15H20BrN3O/c1-3-9-5-4-8(2)19(9)13-7-12-10(6-11(13)16)14(17)15(20)18-12/h6-9,14H,3-5,17H2,1-2H3,(H,18,20). The molecule has 1 aromatic rings. The van der Waals surface area contributed by atoms with Crippen LogP contribution in [0.15, 0.2) is 16.6 Å². The first-order valence-electron chi connectivity index (χ1n) is 7.21. The lowest BCUT2D eigenvalue weighted by Gasteiger charge is -2.31. The van der Waals surface area contributed by atoms with Gasteiger partial charge in [-0.2, -0.15) is 0 Å². The third kappa shape index (κ3) is 2.04. The molecule has 3 unspecified atom stereocenters. The van der Waals surface area contributed by atoms with Crippen LogP contribution in [0, 0.1) is 0 Å². The number of rotatable bonds is 2. The number of hydrogen-bond donors (Lipinski definition) is 2. The van der Waals surface area contributed by atoms with Gasteiger partial charge in [0.25, 0.3) is 0 Å². The Morgan fingerprint density at radius 2 is 2.20 bits per heavy atom. The summed E-state index contributed by atoms with van der Waals surface area (Å²) in [5, 5.41) is 2.87. The molecule has 108 valence electrons. The molecule has 0 bridgehead atoms. The zero-order valence-electron chi connectivity index (χ0n) is 11.8. The van der Waals surface area contributed by atoms with Gasteiger partial charge in [0.1, 0.15) is 6.04 Å². The van der Waals surface area contributed by atoms with Crippen LogP contribution in [0.25, 0.3) is 0 Å². The van der Waals surface area contributed by atoms with Crippen LogP contribution >= 0.6 is 15.9 Å². The zero-order chi connectivity index (χ0) is 14.4. The second-order valence-corrected chi connectivity index (χ2v) is 6.61. The van der Waals surface area contributed by atoms with E-state index in [9.17, 15) is 4.79 Å². The molecule has 1 amide bonds. The normalized spacial score (nSPS) is 28.7. The summed E-state index contributed by atoms with van der Waals surface area (Å²) in [6.07, 6.45) is 3.58. The molecular weight excluding hydrogens is 318 g/mol. The van der Waals surface area contributed by atoms with Crippen molar-refractivity contribution in [3.05, 3.63) is 22.2 Å². The van der Waals surface area contributed by atoms with Gasteiger partial charge in [0, 0.05) is 27.8 Å². The van der Waals surface area contributed by atoms with Gasteiger partial charge in [-0.1, -0.05) is 6.92 Å². The van der Waals surface area contributed by atoms with Crippen LogP contribution in [0.1, 0.15) is 44.7 Å². The first kappa shape index (κ1) is 13.9. The zero-order valence-corrected chi connectivity index (χ0v) is 13.4. The monoisotopic (exact) mass is 337 g/mol. The number of benzene rings is 1. The lowest BCUT2D eigenvalue weighted by Crippen LogP contribution is -2.34. The number of nitrogens with one attached hydrogen (secondary N) is 1. The molecule has 3 atom stereocenters. The largest absolute Gasteiger partial charge is 0.365 e. The molecule has 0 spiro atoms. The van der Waals surface area contributed by atoms with Gasteiger partial charge in [-0.05, 0) is 54.2 Å². The van der Waals surface area contributed by atoms with Crippen LogP contribution in [0.4, 0.5) is 11.4 Å². The number of nitrogens with zero attached hydrogens (tertiary/aromatic N) is 1. The van der Waals surface area contributed by atoms with E-state index in [-0.39, 0.29) is 5.91 Å². The third-order valence-electron chi connectivity index (χ3n) is 4.53. The Morgan fingerprint density at radius 1 is 1.45 bits per heavy atom. The minimum atomic E-state index is -0.548. The number of hydrogen-bond acceptors (Lipinski definition) is 3. The van der Waals surface area contributed by atoms with E-state index in [1.54, 1.807) is 0 Å². The maximum atomic E-state index is 11.7. The Balaban J connectivity index is 2.03. The number of nitrogens with two attached hydrogens (primary N) is 1. The van der Waals surface area contributed by atoms with E-state index in [1.165, 1.54) is 12.8 Å². The molecule has 3 N–H and O–H groups in total. The Hall–Kier alpha value is -1.07. The summed E-state index contributed by atoms with van der Waals surface area (Å²) in [5.41, 5.74) is 8.79. The second-order valence-electron chi connectivity index (χ2n) is 5.75. The van der Waals surface area contributed by atoms with Gasteiger partial charge < -0.3 is 16.0 Å². The summed E-state index contributed by atoms with van der Waals surface area (Å²) in [6, 6.07) is 4.61. The van der Waals surface area contributed by atoms with Crippen molar-refractivity contribution >= 4 is 33.2 Å². The molecule has 1 fully saturated rings. The van der Waals surface area contributed by atoms with E-state index in [0.29, 0.717) is 12.1 Å². The molecule has 2 aliphatic rings. The minimum absolute atomic E-state index is 0.120. The van der Waals surface area contributed by atoms with E-state index in [2.05, 4.69) is 46.1 Å². The second kappa shape index (κ2) is 5.04. The van der Waals surface area contributed by atoms with Gasteiger partial charge in [-0.25, -0.2) is 0 Å². The molecule has 4 nitrogen and oxygen atoms in total. The average Bonchev–Trinajstić information content (AvgIpc) is 2.91. The van der Waals surface area contributed by atoms with Gasteiger partial charge >= 0.3 is 0 Å². The van der Waals surface area contributed by atoms with E-state index in [0.717, 1.165) is 27.8 Å². The van der Waals surface area contributed by atoms with Crippen molar-refractivity contribution in [1.82, 2.24) is 0 Å². The van der Waals surface area contributed by atoms with Crippen molar-refractivity contribution in [2.75, 3.05) is 10.2 Å². The fraction of sp³-hybridized carbons (Fsp3) is 0.533.